The van der Waals surface area contributed by atoms with Gasteiger partial charge in [0.1, 0.15) is 6.33 Å². The molecule has 2 aliphatic rings. The van der Waals surface area contributed by atoms with Gasteiger partial charge in [0.25, 0.3) is 5.91 Å². The van der Waals surface area contributed by atoms with Crippen molar-refractivity contribution < 1.29 is 14.3 Å². The van der Waals surface area contributed by atoms with Gasteiger partial charge in [-0.2, -0.15) is 0 Å². The molecule has 2 aliphatic heterocycles. The summed E-state index contributed by atoms with van der Waals surface area (Å²) in [5, 5.41) is 0. The summed E-state index contributed by atoms with van der Waals surface area (Å²) in [7, 11) is 0. The summed E-state index contributed by atoms with van der Waals surface area (Å²) >= 11 is 0. The minimum Gasteiger partial charge on any atom is -0.378 e. The van der Waals surface area contributed by atoms with Crippen LogP contribution in [0.15, 0.2) is 18.7 Å². The second kappa shape index (κ2) is 6.15. The van der Waals surface area contributed by atoms with Crippen LogP contribution in [0.3, 0.4) is 0 Å². The Morgan fingerprint density at radius 3 is 2.65 bits per heavy atom. The Bertz CT molecular complexity index is 450. The molecule has 0 unspecified atom stereocenters. The molecule has 1 amide bonds. The van der Waals surface area contributed by atoms with Gasteiger partial charge in [-0.1, -0.05) is 0 Å². The second-order valence-corrected chi connectivity index (χ2v) is 4.84. The molecule has 20 heavy (non-hydrogen) atoms. The largest absolute Gasteiger partial charge is 0.378 e. The van der Waals surface area contributed by atoms with E-state index >= 15 is 0 Å². The molecule has 1 aromatic heterocycles. The van der Waals surface area contributed by atoms with Crippen LogP contribution in [0.1, 0.15) is 0 Å². The van der Waals surface area contributed by atoms with E-state index in [0.29, 0.717) is 39.5 Å². The predicted molar refractivity (Wildman–Crippen MR) is 71.4 cm³/mol. The monoisotopic (exact) mass is 278 g/mol. The molecule has 0 aliphatic carbocycles. The molecule has 7 nitrogen and oxygen atoms in total. The van der Waals surface area contributed by atoms with Crippen molar-refractivity contribution >= 4 is 11.6 Å². The first-order valence-electron chi connectivity index (χ1n) is 6.83. The van der Waals surface area contributed by atoms with Crippen molar-refractivity contribution in [1.29, 1.82) is 0 Å². The highest BCUT2D eigenvalue weighted by molar-refractivity contribution is 5.82. The van der Waals surface area contributed by atoms with Gasteiger partial charge in [0, 0.05) is 19.6 Å². The number of anilines is 1. The Balaban J connectivity index is 1.64. The lowest BCUT2D eigenvalue weighted by Crippen LogP contribution is -2.53. The average Bonchev–Trinajstić information content (AvgIpc) is 2.56. The molecule has 0 aromatic carbocycles. The van der Waals surface area contributed by atoms with Crippen LogP contribution in [0.2, 0.25) is 0 Å². The smallest absolute Gasteiger partial charge is 0.253 e. The zero-order chi connectivity index (χ0) is 13.8. The highest BCUT2D eigenvalue weighted by Gasteiger charge is 2.31. The van der Waals surface area contributed by atoms with Crippen LogP contribution in [0.4, 0.5) is 5.69 Å². The number of ether oxygens (including phenoxy) is 2. The number of amides is 1. The van der Waals surface area contributed by atoms with Gasteiger partial charge >= 0.3 is 0 Å². The minimum absolute atomic E-state index is 0.0508. The predicted octanol–water partition coefficient (Wildman–Crippen LogP) is -0.459. The van der Waals surface area contributed by atoms with Crippen LogP contribution >= 0.6 is 0 Å². The minimum atomic E-state index is -0.415. The van der Waals surface area contributed by atoms with Gasteiger partial charge in [-0.15, -0.1) is 0 Å². The lowest BCUT2D eigenvalue weighted by molar-refractivity contribution is -0.148. The van der Waals surface area contributed by atoms with Gasteiger partial charge in [-0.25, -0.2) is 9.97 Å². The average molecular weight is 278 g/mol. The van der Waals surface area contributed by atoms with Gasteiger partial charge in [0.2, 0.25) is 0 Å². The Morgan fingerprint density at radius 1 is 1.15 bits per heavy atom. The van der Waals surface area contributed by atoms with Crippen molar-refractivity contribution in [1.82, 2.24) is 14.9 Å². The van der Waals surface area contributed by atoms with Gasteiger partial charge in [0.15, 0.2) is 6.10 Å². The van der Waals surface area contributed by atoms with Crippen molar-refractivity contribution in [2.75, 3.05) is 50.9 Å². The summed E-state index contributed by atoms with van der Waals surface area (Å²) in [4.78, 5) is 24.4. The van der Waals surface area contributed by atoms with Crippen molar-refractivity contribution in [3.8, 4) is 0 Å². The fourth-order valence-electron chi connectivity index (χ4n) is 2.48. The van der Waals surface area contributed by atoms with Gasteiger partial charge < -0.3 is 19.3 Å². The summed E-state index contributed by atoms with van der Waals surface area (Å²) in [6.45, 7) is 4.34. The first-order valence-corrected chi connectivity index (χ1v) is 6.83. The van der Waals surface area contributed by atoms with E-state index in [4.69, 9.17) is 9.47 Å². The van der Waals surface area contributed by atoms with Crippen LogP contribution in [0, 0.1) is 0 Å². The highest BCUT2D eigenvalue weighted by atomic mass is 16.5. The second-order valence-electron chi connectivity index (χ2n) is 4.84. The van der Waals surface area contributed by atoms with Crippen LogP contribution in [-0.2, 0) is 14.3 Å². The summed E-state index contributed by atoms with van der Waals surface area (Å²) in [6, 6.07) is 0. The van der Waals surface area contributed by atoms with Crippen LogP contribution in [0.5, 0.6) is 0 Å². The zero-order valence-corrected chi connectivity index (χ0v) is 11.3. The number of hydrogen-bond donors (Lipinski definition) is 0. The molecule has 0 bridgehead atoms. The third-order valence-electron chi connectivity index (χ3n) is 3.58. The maximum Gasteiger partial charge on any atom is 0.253 e. The van der Waals surface area contributed by atoms with Crippen molar-refractivity contribution in [3.05, 3.63) is 18.7 Å². The highest BCUT2D eigenvalue weighted by Crippen LogP contribution is 2.16. The van der Waals surface area contributed by atoms with Crippen LogP contribution in [-0.4, -0.2) is 72.9 Å². The molecule has 0 spiro atoms. The molecule has 1 atom stereocenters. The normalized spacial score (nSPS) is 23.7. The summed E-state index contributed by atoms with van der Waals surface area (Å²) in [5.74, 6) is 0.0508. The van der Waals surface area contributed by atoms with Crippen molar-refractivity contribution in [2.45, 2.75) is 6.10 Å². The van der Waals surface area contributed by atoms with E-state index < -0.39 is 6.10 Å². The van der Waals surface area contributed by atoms with Crippen molar-refractivity contribution in [2.24, 2.45) is 0 Å². The third kappa shape index (κ3) is 2.88. The number of carbonyl (C=O) groups excluding carboxylic acids is 1. The quantitative estimate of drug-likeness (QED) is 0.729. The fraction of sp³-hybridized carbons (Fsp3) is 0.615. The Kier molecular flexibility index (Phi) is 4.08. The molecule has 108 valence electrons. The summed E-state index contributed by atoms with van der Waals surface area (Å²) in [6.07, 6.45) is 4.60. The standard InChI is InChI=1S/C13H18N4O3/c18-13(16-1-4-19-5-2-16)12-9-17(3-6-20-12)11-7-14-10-15-8-11/h7-8,10,12H,1-6,9H2/t12-/m0/s1. The number of morpholine rings is 2. The molecule has 0 N–H and O–H groups in total. The van der Waals surface area contributed by atoms with Gasteiger partial charge in [0.05, 0.1) is 44.4 Å². The SMILES string of the molecule is O=C([C@@H]1CN(c2cncnc2)CCO1)N1CCOCC1. The maximum absolute atomic E-state index is 12.4. The molecule has 3 rings (SSSR count). The Hall–Kier alpha value is -1.73. The van der Waals surface area contributed by atoms with E-state index in [0.717, 1.165) is 12.2 Å². The Morgan fingerprint density at radius 2 is 1.90 bits per heavy atom. The van der Waals surface area contributed by atoms with Gasteiger partial charge in [-0.05, 0) is 0 Å². The molecule has 3 heterocycles. The first kappa shape index (κ1) is 13.3. The van der Waals surface area contributed by atoms with Gasteiger partial charge in [-0.3, -0.25) is 4.79 Å². The van der Waals surface area contributed by atoms with E-state index in [1.807, 2.05) is 4.90 Å². The Labute approximate surface area is 117 Å². The molecule has 0 saturated carbocycles. The molecule has 2 saturated heterocycles. The lowest BCUT2D eigenvalue weighted by Gasteiger charge is -2.36. The topological polar surface area (TPSA) is 67.8 Å². The lowest BCUT2D eigenvalue weighted by atomic mass is 10.2. The molecular weight excluding hydrogens is 260 g/mol. The summed E-state index contributed by atoms with van der Waals surface area (Å²) in [5.41, 5.74) is 0.926. The van der Waals surface area contributed by atoms with Crippen LogP contribution in [0.25, 0.3) is 0 Å². The molecule has 2 fully saturated rings. The third-order valence-corrected chi connectivity index (χ3v) is 3.58. The molecular formula is C13H18N4O3. The van der Waals surface area contributed by atoms with Crippen molar-refractivity contribution in [3.63, 3.8) is 0 Å². The number of nitrogens with zero attached hydrogens (tertiary/aromatic N) is 4. The fourth-order valence-corrected chi connectivity index (χ4v) is 2.48. The zero-order valence-electron chi connectivity index (χ0n) is 11.3. The molecule has 1 aromatic rings. The molecule has 7 heteroatoms. The van der Waals surface area contributed by atoms with E-state index in [-0.39, 0.29) is 5.91 Å². The number of hydrogen-bond acceptors (Lipinski definition) is 6. The van der Waals surface area contributed by atoms with Crippen LogP contribution < -0.4 is 4.90 Å². The van der Waals surface area contributed by atoms with E-state index in [9.17, 15) is 4.79 Å². The number of rotatable bonds is 2. The maximum atomic E-state index is 12.4. The molecule has 0 radical (unpaired) electrons. The first-order chi connectivity index (χ1) is 9.84. The van der Waals surface area contributed by atoms with E-state index in [1.54, 1.807) is 12.4 Å². The number of carbonyl (C=O) groups is 1. The number of aromatic nitrogens is 2. The van der Waals surface area contributed by atoms with E-state index in [1.165, 1.54) is 6.33 Å². The summed E-state index contributed by atoms with van der Waals surface area (Å²) < 4.78 is 10.9. The van der Waals surface area contributed by atoms with E-state index in [2.05, 4.69) is 14.9 Å².